The van der Waals surface area contributed by atoms with Crippen molar-refractivity contribution in [3.63, 3.8) is 0 Å². The molecule has 6 rings (SSSR count). The molecule has 0 bridgehead atoms. The number of rotatable bonds is 4. The maximum atomic E-state index is 3.67. The van der Waals surface area contributed by atoms with Gasteiger partial charge in [-0.1, -0.05) is 115 Å². The van der Waals surface area contributed by atoms with Crippen molar-refractivity contribution in [2.45, 2.75) is 91.9 Å². The van der Waals surface area contributed by atoms with Gasteiger partial charge in [0.25, 0.3) is 0 Å². The third-order valence-corrected chi connectivity index (χ3v) is 10.5. The summed E-state index contributed by atoms with van der Waals surface area (Å²) in [5.74, 6) is 7.79. The smallest absolute Gasteiger partial charge is 1.00 e. The predicted octanol–water partition coefficient (Wildman–Crippen LogP) is 4.62. The Morgan fingerprint density at radius 3 is 1.32 bits per heavy atom. The largest absolute Gasteiger partial charge is 2.00 e. The van der Waals surface area contributed by atoms with Crippen molar-refractivity contribution in [2.24, 2.45) is 47.3 Å². The van der Waals surface area contributed by atoms with Crippen molar-refractivity contribution in [1.82, 2.24) is 0 Å². The van der Waals surface area contributed by atoms with E-state index in [0.29, 0.717) is 11.8 Å². The fraction of sp³-hybridized carbons (Fsp3) is 0.579. The first-order valence-electron chi connectivity index (χ1n) is 15.7. The third kappa shape index (κ3) is 8.31. The second-order valence-electron chi connectivity index (χ2n) is 13.8. The van der Waals surface area contributed by atoms with E-state index in [1.165, 1.54) is 60.8 Å². The maximum absolute atomic E-state index is 3.67. The van der Waals surface area contributed by atoms with Gasteiger partial charge in [0.15, 0.2) is 0 Å². The molecular weight excluding hydrogens is 619 g/mol. The van der Waals surface area contributed by atoms with Crippen molar-refractivity contribution in [2.75, 3.05) is 0 Å². The van der Waals surface area contributed by atoms with Crippen molar-refractivity contribution in [3.8, 4) is 0 Å². The first kappa shape index (κ1) is 36.6. The zero-order valence-electron chi connectivity index (χ0n) is 26.0. The van der Waals surface area contributed by atoms with E-state index in [1.54, 1.807) is 0 Å². The molecule has 4 aliphatic rings. The van der Waals surface area contributed by atoms with Crippen LogP contribution in [0.2, 0.25) is 0 Å². The van der Waals surface area contributed by atoms with Gasteiger partial charge in [0.2, 0.25) is 0 Å². The molecule has 0 N–H and O–H groups in total. The fourth-order valence-corrected chi connectivity index (χ4v) is 8.42. The molecule has 0 nitrogen and oxygen atoms in total. The minimum Gasteiger partial charge on any atom is -1.00 e. The molecule has 41 heavy (non-hydrogen) atoms. The summed E-state index contributed by atoms with van der Waals surface area (Å²) in [5, 5.41) is 0. The minimum atomic E-state index is 0. The Hall–Kier alpha value is -0.617. The van der Waals surface area contributed by atoms with Crippen LogP contribution in [0.15, 0.2) is 48.5 Å². The zero-order valence-corrected chi connectivity index (χ0v) is 30.0. The van der Waals surface area contributed by atoms with Gasteiger partial charge in [-0.05, 0) is 107 Å². The summed E-state index contributed by atoms with van der Waals surface area (Å²) in [7, 11) is 0. The van der Waals surface area contributed by atoms with Crippen molar-refractivity contribution in [3.05, 3.63) is 82.9 Å². The summed E-state index contributed by atoms with van der Waals surface area (Å²) in [6, 6.07) is 17.7. The van der Waals surface area contributed by atoms with Gasteiger partial charge in [-0.15, -0.1) is 0 Å². The topological polar surface area (TPSA) is 0 Å². The quantitative estimate of drug-likeness (QED) is 0.447. The number of fused-ring (bicyclic) bond motifs is 2. The normalized spacial score (nSPS) is 31.2. The van der Waals surface area contributed by atoms with Gasteiger partial charge in [0.05, 0.1) is 0 Å². The Morgan fingerprint density at radius 1 is 0.585 bits per heavy atom. The van der Waals surface area contributed by atoms with Crippen molar-refractivity contribution >= 4 is 12.2 Å². The molecule has 8 atom stereocenters. The van der Waals surface area contributed by atoms with Crippen LogP contribution in [-0.2, 0) is 26.2 Å². The molecule has 0 spiro atoms. The van der Waals surface area contributed by atoms with E-state index in [9.17, 15) is 0 Å². The predicted molar refractivity (Wildman–Crippen MR) is 163 cm³/mol. The van der Waals surface area contributed by atoms with Crippen molar-refractivity contribution < 1.29 is 51.0 Å². The van der Waals surface area contributed by atoms with E-state index in [-0.39, 0.29) is 51.0 Å². The van der Waals surface area contributed by atoms with Gasteiger partial charge in [-0.2, -0.15) is 0 Å². The van der Waals surface area contributed by atoms with Gasteiger partial charge in [-0.25, -0.2) is 0 Å². The first-order valence-corrected chi connectivity index (χ1v) is 15.7. The molecule has 3 heteroatoms. The van der Waals surface area contributed by atoms with Crippen LogP contribution in [-0.4, -0.2) is 0 Å². The molecule has 0 amide bonds. The SMILES string of the molecule is CC(C)[C@@H]1CC[C@@H](C)C[C@@H]1C1[C]=Cc2ccccc21.CC(C)[C@@H]1CC[C@@H](C)C[C@@H]1C1[C]=Cc2ccccc21.[Cl-].[Cl-].[Zr+2]. The van der Waals surface area contributed by atoms with E-state index in [0.717, 1.165) is 47.3 Å². The maximum Gasteiger partial charge on any atom is 2.00 e. The monoisotopic (exact) mass is 666 g/mol. The van der Waals surface area contributed by atoms with Crippen molar-refractivity contribution in [1.29, 1.82) is 0 Å². The molecule has 2 aromatic carbocycles. The van der Waals surface area contributed by atoms with Gasteiger partial charge >= 0.3 is 26.2 Å². The molecule has 2 aromatic rings. The van der Waals surface area contributed by atoms with E-state index in [1.807, 2.05) is 0 Å². The number of benzene rings is 2. The number of allylic oxidation sites excluding steroid dienone is 2. The summed E-state index contributed by atoms with van der Waals surface area (Å²) in [5.41, 5.74) is 5.83. The van der Waals surface area contributed by atoms with Crippen LogP contribution in [0.4, 0.5) is 0 Å². The van der Waals surface area contributed by atoms with Gasteiger partial charge in [0, 0.05) is 11.8 Å². The van der Waals surface area contributed by atoms with E-state index in [2.05, 4.69) is 114 Å². The van der Waals surface area contributed by atoms with Crippen LogP contribution < -0.4 is 24.8 Å². The zero-order chi connectivity index (χ0) is 26.8. The van der Waals surface area contributed by atoms with Crippen LogP contribution >= 0.6 is 0 Å². The van der Waals surface area contributed by atoms with Crippen LogP contribution in [0.3, 0.4) is 0 Å². The minimum absolute atomic E-state index is 0. The fourth-order valence-electron chi connectivity index (χ4n) is 8.42. The molecule has 2 fully saturated rings. The summed E-state index contributed by atoms with van der Waals surface area (Å²) in [6.07, 6.45) is 20.2. The number of hydrogen-bond donors (Lipinski definition) is 0. The van der Waals surface area contributed by atoms with E-state index in [4.69, 9.17) is 0 Å². The number of halogens is 2. The average molecular weight is 669 g/mol. The van der Waals surface area contributed by atoms with Gasteiger partial charge in [-0.3, -0.25) is 0 Å². The summed E-state index contributed by atoms with van der Waals surface area (Å²) in [6.45, 7) is 14.5. The Balaban J connectivity index is 0.000000267. The summed E-state index contributed by atoms with van der Waals surface area (Å²) >= 11 is 0. The Morgan fingerprint density at radius 2 is 0.951 bits per heavy atom. The van der Waals surface area contributed by atoms with Crippen LogP contribution in [0.5, 0.6) is 0 Å². The summed E-state index contributed by atoms with van der Waals surface area (Å²) in [4.78, 5) is 0. The molecule has 0 heterocycles. The molecule has 4 aliphatic carbocycles. The number of hydrogen-bond acceptors (Lipinski definition) is 0. The molecule has 0 saturated heterocycles. The van der Waals surface area contributed by atoms with Crippen LogP contribution in [0.1, 0.15) is 114 Å². The van der Waals surface area contributed by atoms with Crippen LogP contribution in [0, 0.1) is 59.5 Å². The Kier molecular flexibility index (Phi) is 14.7. The first-order chi connectivity index (χ1) is 18.3. The van der Waals surface area contributed by atoms with E-state index < -0.39 is 0 Å². The molecule has 2 unspecified atom stereocenters. The average Bonchev–Trinajstić information content (AvgIpc) is 3.53. The standard InChI is InChI=1S/2C19H25.2ClH.Zr/c2*1-13(2)16-10-8-14(3)12-19(16)18-11-9-15-6-4-5-7-17(15)18;;;/h2*4-7,9,13-14,16,18-19H,8,10,12H2,1-3H3;2*1H;/q;;;;+2/p-2/t2*14-,16+,18?,19+;;;/m11.../s1. The third-order valence-electron chi connectivity index (χ3n) is 10.5. The Bertz CT molecular complexity index is 1050. The Labute approximate surface area is 283 Å². The van der Waals surface area contributed by atoms with Gasteiger partial charge in [0.1, 0.15) is 0 Å². The molecule has 2 saturated carbocycles. The van der Waals surface area contributed by atoms with Crippen LogP contribution in [0.25, 0.3) is 12.2 Å². The second kappa shape index (κ2) is 16.5. The molecular formula is C38H50Cl2Zr. The van der Waals surface area contributed by atoms with E-state index >= 15 is 0 Å². The summed E-state index contributed by atoms with van der Waals surface area (Å²) < 4.78 is 0. The molecule has 0 aliphatic heterocycles. The molecule has 2 radical (unpaired) electrons. The second-order valence-corrected chi connectivity index (χ2v) is 13.8. The molecule has 0 aromatic heterocycles. The van der Waals surface area contributed by atoms with Gasteiger partial charge < -0.3 is 24.8 Å². The molecule has 220 valence electrons.